The maximum atomic E-state index is 4.33. The Hall–Kier alpha value is 0.0900. The highest BCUT2D eigenvalue weighted by Gasteiger charge is 2.17. The molecule has 0 nitrogen and oxygen atoms in total. The van der Waals surface area contributed by atoms with Gasteiger partial charge in [0.15, 0.2) is 0 Å². The van der Waals surface area contributed by atoms with Gasteiger partial charge in [-0.2, -0.15) is 12.6 Å². The van der Waals surface area contributed by atoms with Gasteiger partial charge >= 0.3 is 0 Å². The Morgan fingerprint density at radius 1 is 1.73 bits per heavy atom. The quantitative estimate of drug-likeness (QED) is 0.477. The fraction of sp³-hybridized carbons (Fsp3) is 0.800. The van der Waals surface area contributed by atoms with E-state index in [-0.39, 0.29) is 0 Å². The van der Waals surface area contributed by atoms with Crippen LogP contribution in [0.15, 0.2) is 11.6 Å². The molecule has 1 rings (SSSR count). The van der Waals surface area contributed by atoms with E-state index in [0.29, 0.717) is 0 Å². The van der Waals surface area contributed by atoms with Crippen LogP contribution >= 0.6 is 12.6 Å². The third-order valence-corrected chi connectivity index (χ3v) is 3.35. The van der Waals surface area contributed by atoms with Gasteiger partial charge in [0.05, 0.1) is 0 Å². The molecule has 0 aromatic rings. The molecule has 1 unspecified atom stereocenters. The molecule has 0 heterocycles. The fourth-order valence-electron chi connectivity index (χ4n) is 1.65. The van der Waals surface area contributed by atoms with Crippen LogP contribution < -0.4 is 0 Å². The monoisotopic (exact) mass is 170 g/mol. The highest BCUT2D eigenvalue weighted by atomic mass is 32.1. The molecule has 1 aliphatic rings. The Bertz CT molecular complexity index is 149. The standard InChI is InChI=1S/C10H18S/c1-8-3-5-10(6-4-8)9(2)7-11/h3,9-11H,4-7H2,1-2H3/t9?,10-/m0/s1. The van der Waals surface area contributed by atoms with Crippen LogP contribution in [0.25, 0.3) is 0 Å². The summed E-state index contributed by atoms with van der Waals surface area (Å²) in [6, 6.07) is 0. The summed E-state index contributed by atoms with van der Waals surface area (Å²) in [6.45, 7) is 4.55. The predicted octanol–water partition coefficient (Wildman–Crippen LogP) is 3.30. The van der Waals surface area contributed by atoms with Gasteiger partial charge in [0.25, 0.3) is 0 Å². The van der Waals surface area contributed by atoms with E-state index in [1.165, 1.54) is 19.3 Å². The van der Waals surface area contributed by atoms with Crippen molar-refractivity contribution in [3.8, 4) is 0 Å². The van der Waals surface area contributed by atoms with Gasteiger partial charge in [-0.05, 0) is 43.8 Å². The minimum atomic E-state index is 0.794. The first kappa shape index (κ1) is 9.18. The van der Waals surface area contributed by atoms with Crippen molar-refractivity contribution in [2.24, 2.45) is 11.8 Å². The van der Waals surface area contributed by atoms with E-state index in [4.69, 9.17) is 0 Å². The molecule has 1 aliphatic carbocycles. The largest absolute Gasteiger partial charge is 0.179 e. The van der Waals surface area contributed by atoms with Gasteiger partial charge in [-0.15, -0.1) is 0 Å². The molecule has 0 saturated carbocycles. The van der Waals surface area contributed by atoms with Crippen molar-refractivity contribution in [2.45, 2.75) is 33.1 Å². The van der Waals surface area contributed by atoms with Crippen LogP contribution in [0.3, 0.4) is 0 Å². The van der Waals surface area contributed by atoms with Crippen LogP contribution in [0.5, 0.6) is 0 Å². The molecule has 64 valence electrons. The van der Waals surface area contributed by atoms with Crippen molar-refractivity contribution in [2.75, 3.05) is 5.75 Å². The third-order valence-electron chi connectivity index (χ3n) is 2.77. The van der Waals surface area contributed by atoms with Crippen LogP contribution in [0.2, 0.25) is 0 Å². The lowest BCUT2D eigenvalue weighted by molar-refractivity contribution is 0.356. The van der Waals surface area contributed by atoms with Crippen molar-refractivity contribution in [3.63, 3.8) is 0 Å². The SMILES string of the molecule is CC1=CC[C@H](C(C)CS)CC1. The molecule has 0 aromatic carbocycles. The molecule has 0 aromatic heterocycles. The lowest BCUT2D eigenvalue weighted by atomic mass is 9.83. The molecule has 11 heavy (non-hydrogen) atoms. The Labute approximate surface area is 75.5 Å². The summed E-state index contributed by atoms with van der Waals surface area (Å²) in [5.41, 5.74) is 1.58. The first-order valence-corrected chi connectivity index (χ1v) is 5.13. The van der Waals surface area contributed by atoms with Crippen molar-refractivity contribution in [1.82, 2.24) is 0 Å². The van der Waals surface area contributed by atoms with Gasteiger partial charge in [-0.3, -0.25) is 0 Å². The van der Waals surface area contributed by atoms with Crippen LogP contribution in [0, 0.1) is 11.8 Å². The van der Waals surface area contributed by atoms with Gasteiger partial charge in [0.2, 0.25) is 0 Å². The Balaban J connectivity index is 2.40. The first-order valence-electron chi connectivity index (χ1n) is 4.50. The molecule has 0 bridgehead atoms. The highest BCUT2D eigenvalue weighted by molar-refractivity contribution is 7.80. The summed E-state index contributed by atoms with van der Waals surface area (Å²) in [4.78, 5) is 0. The number of thiol groups is 1. The van der Waals surface area contributed by atoms with E-state index in [0.717, 1.165) is 17.6 Å². The predicted molar refractivity (Wildman–Crippen MR) is 54.1 cm³/mol. The summed E-state index contributed by atoms with van der Waals surface area (Å²) in [6.07, 6.45) is 6.37. The molecule has 0 N–H and O–H groups in total. The topological polar surface area (TPSA) is 0 Å². The van der Waals surface area contributed by atoms with Crippen LogP contribution in [-0.2, 0) is 0 Å². The highest BCUT2D eigenvalue weighted by Crippen LogP contribution is 2.29. The molecule has 0 aliphatic heterocycles. The van der Waals surface area contributed by atoms with Gasteiger partial charge in [-0.25, -0.2) is 0 Å². The minimum absolute atomic E-state index is 0.794. The second kappa shape index (κ2) is 4.20. The van der Waals surface area contributed by atoms with E-state index in [9.17, 15) is 0 Å². The third kappa shape index (κ3) is 2.55. The van der Waals surface area contributed by atoms with E-state index in [2.05, 4.69) is 32.6 Å². The summed E-state index contributed by atoms with van der Waals surface area (Å²) in [7, 11) is 0. The number of hydrogen-bond donors (Lipinski definition) is 1. The normalized spacial score (nSPS) is 27.9. The molecule has 1 heteroatoms. The summed E-state index contributed by atoms with van der Waals surface area (Å²) in [5.74, 6) is 2.73. The lowest BCUT2D eigenvalue weighted by Crippen LogP contribution is -2.15. The van der Waals surface area contributed by atoms with Crippen LogP contribution in [0.1, 0.15) is 33.1 Å². The van der Waals surface area contributed by atoms with Gasteiger partial charge in [0, 0.05) is 0 Å². The Morgan fingerprint density at radius 3 is 2.91 bits per heavy atom. The zero-order valence-corrected chi connectivity index (χ0v) is 8.40. The van der Waals surface area contributed by atoms with Gasteiger partial charge in [-0.1, -0.05) is 18.6 Å². The second-order valence-corrected chi connectivity index (χ2v) is 4.11. The Kier molecular flexibility index (Phi) is 3.50. The Morgan fingerprint density at radius 2 is 2.45 bits per heavy atom. The first-order chi connectivity index (χ1) is 5.24. The second-order valence-electron chi connectivity index (χ2n) is 3.74. The minimum Gasteiger partial charge on any atom is -0.179 e. The van der Waals surface area contributed by atoms with Crippen LogP contribution in [-0.4, -0.2) is 5.75 Å². The van der Waals surface area contributed by atoms with Crippen molar-refractivity contribution in [3.05, 3.63) is 11.6 Å². The molecular formula is C10H18S. The summed E-state index contributed by atoms with van der Waals surface area (Å²) >= 11 is 4.33. The molecular weight excluding hydrogens is 152 g/mol. The van der Waals surface area contributed by atoms with E-state index in [1.54, 1.807) is 5.57 Å². The van der Waals surface area contributed by atoms with Crippen molar-refractivity contribution in [1.29, 1.82) is 0 Å². The molecule has 0 spiro atoms. The molecule has 0 radical (unpaired) electrons. The van der Waals surface area contributed by atoms with E-state index >= 15 is 0 Å². The van der Waals surface area contributed by atoms with Crippen molar-refractivity contribution < 1.29 is 0 Å². The molecule has 0 amide bonds. The van der Waals surface area contributed by atoms with Crippen LogP contribution in [0.4, 0.5) is 0 Å². The van der Waals surface area contributed by atoms with Gasteiger partial charge < -0.3 is 0 Å². The van der Waals surface area contributed by atoms with E-state index in [1.807, 2.05) is 0 Å². The zero-order chi connectivity index (χ0) is 8.27. The molecule has 0 saturated heterocycles. The maximum Gasteiger partial charge on any atom is -0.00694 e. The smallest absolute Gasteiger partial charge is 0.00694 e. The zero-order valence-electron chi connectivity index (χ0n) is 7.51. The van der Waals surface area contributed by atoms with Crippen molar-refractivity contribution >= 4 is 12.6 Å². The lowest BCUT2D eigenvalue weighted by Gasteiger charge is -2.25. The summed E-state index contributed by atoms with van der Waals surface area (Å²) < 4.78 is 0. The number of allylic oxidation sites excluding steroid dienone is 2. The number of rotatable bonds is 2. The maximum absolute atomic E-state index is 4.33. The number of hydrogen-bond acceptors (Lipinski definition) is 1. The summed E-state index contributed by atoms with van der Waals surface area (Å²) in [5, 5.41) is 0. The van der Waals surface area contributed by atoms with E-state index < -0.39 is 0 Å². The molecule has 0 fully saturated rings. The average Bonchev–Trinajstić information content (AvgIpc) is 2.05. The average molecular weight is 170 g/mol. The fourth-order valence-corrected chi connectivity index (χ4v) is 1.95. The van der Waals surface area contributed by atoms with Gasteiger partial charge in [0.1, 0.15) is 0 Å². The molecule has 2 atom stereocenters.